The highest BCUT2D eigenvalue weighted by molar-refractivity contribution is 5.80. The van der Waals surface area contributed by atoms with Crippen molar-refractivity contribution in [1.29, 1.82) is 0 Å². The van der Waals surface area contributed by atoms with Crippen molar-refractivity contribution in [2.75, 3.05) is 13.1 Å². The molecule has 0 bridgehead atoms. The minimum absolute atomic E-state index is 0.230. The van der Waals surface area contributed by atoms with Crippen LogP contribution in [-0.2, 0) is 4.79 Å². The Morgan fingerprint density at radius 1 is 1.19 bits per heavy atom. The lowest BCUT2D eigenvalue weighted by Crippen LogP contribution is -2.53. The molecule has 0 aromatic heterocycles. The summed E-state index contributed by atoms with van der Waals surface area (Å²) in [6, 6.07) is 0.367. The molecule has 3 nitrogen and oxygen atoms in total. The predicted molar refractivity (Wildman–Crippen MR) is 65.2 cm³/mol. The Bertz CT molecular complexity index is 230. The summed E-state index contributed by atoms with van der Waals surface area (Å²) < 4.78 is 0. The van der Waals surface area contributed by atoms with Crippen LogP contribution in [0.3, 0.4) is 0 Å². The molecule has 92 valence electrons. The highest BCUT2D eigenvalue weighted by Crippen LogP contribution is 2.25. The molecule has 2 N–H and O–H groups in total. The molecule has 16 heavy (non-hydrogen) atoms. The van der Waals surface area contributed by atoms with E-state index in [-0.39, 0.29) is 11.8 Å². The zero-order valence-corrected chi connectivity index (χ0v) is 10.3. The lowest BCUT2D eigenvalue weighted by molar-refractivity contribution is -0.127. The largest absolute Gasteiger partial charge is 0.353 e. The number of carbonyl (C=O) groups is 1. The summed E-state index contributed by atoms with van der Waals surface area (Å²) in [5.41, 5.74) is 0. The second-order valence-corrected chi connectivity index (χ2v) is 5.40. The minimum atomic E-state index is 0.230. The molecule has 3 heteroatoms. The molecule has 2 fully saturated rings. The van der Waals surface area contributed by atoms with Gasteiger partial charge in [-0.3, -0.25) is 4.79 Å². The van der Waals surface area contributed by atoms with Crippen LogP contribution < -0.4 is 10.6 Å². The SMILES string of the molecule is C[C@H](NC(=O)C1CNC1)C1CCCCCC1. The third-order valence-corrected chi connectivity index (χ3v) is 4.13. The second kappa shape index (κ2) is 5.67. The Morgan fingerprint density at radius 3 is 2.31 bits per heavy atom. The summed E-state index contributed by atoms with van der Waals surface area (Å²) in [5.74, 6) is 1.20. The molecule has 1 aliphatic carbocycles. The van der Waals surface area contributed by atoms with Crippen LogP contribution >= 0.6 is 0 Å². The van der Waals surface area contributed by atoms with Gasteiger partial charge in [-0.1, -0.05) is 25.7 Å². The summed E-state index contributed by atoms with van der Waals surface area (Å²) in [6.07, 6.45) is 8.04. The molecule has 1 heterocycles. The molecule has 0 spiro atoms. The lowest BCUT2D eigenvalue weighted by Gasteiger charge is -2.30. The van der Waals surface area contributed by atoms with Gasteiger partial charge in [0.1, 0.15) is 0 Å². The van der Waals surface area contributed by atoms with Gasteiger partial charge in [0, 0.05) is 19.1 Å². The molecule has 1 atom stereocenters. The van der Waals surface area contributed by atoms with E-state index >= 15 is 0 Å². The molecule has 2 rings (SSSR count). The standard InChI is InChI=1S/C13H24N2O/c1-10(11-6-4-2-3-5-7-11)15-13(16)12-8-14-9-12/h10-12,14H,2-9H2,1H3,(H,15,16)/t10-/m0/s1. The summed E-state index contributed by atoms with van der Waals surface area (Å²) in [7, 11) is 0. The van der Waals surface area contributed by atoms with Crippen molar-refractivity contribution in [2.45, 2.75) is 51.5 Å². The van der Waals surface area contributed by atoms with E-state index in [4.69, 9.17) is 0 Å². The Labute approximate surface area is 98.4 Å². The van der Waals surface area contributed by atoms with Crippen molar-refractivity contribution < 1.29 is 4.79 Å². The van der Waals surface area contributed by atoms with Crippen LogP contribution in [0.25, 0.3) is 0 Å². The van der Waals surface area contributed by atoms with Gasteiger partial charge in [0.15, 0.2) is 0 Å². The van der Waals surface area contributed by atoms with E-state index in [2.05, 4.69) is 17.6 Å². The number of amides is 1. The summed E-state index contributed by atoms with van der Waals surface area (Å²) in [4.78, 5) is 11.8. The molecule has 1 aliphatic heterocycles. The topological polar surface area (TPSA) is 41.1 Å². The number of rotatable bonds is 3. The average molecular weight is 224 g/mol. The molecule has 1 saturated carbocycles. The van der Waals surface area contributed by atoms with Gasteiger partial charge < -0.3 is 10.6 Å². The number of hydrogen-bond acceptors (Lipinski definition) is 2. The Hall–Kier alpha value is -0.570. The summed E-state index contributed by atoms with van der Waals surface area (Å²) >= 11 is 0. The van der Waals surface area contributed by atoms with Gasteiger partial charge in [0.05, 0.1) is 5.92 Å². The van der Waals surface area contributed by atoms with Crippen molar-refractivity contribution in [3.63, 3.8) is 0 Å². The van der Waals surface area contributed by atoms with Gasteiger partial charge in [0.2, 0.25) is 5.91 Å². The first-order valence-electron chi connectivity index (χ1n) is 6.78. The van der Waals surface area contributed by atoms with Gasteiger partial charge >= 0.3 is 0 Å². The predicted octanol–water partition coefficient (Wildman–Crippen LogP) is 1.68. The van der Waals surface area contributed by atoms with Crippen molar-refractivity contribution in [3.05, 3.63) is 0 Å². The first-order chi connectivity index (χ1) is 7.77. The van der Waals surface area contributed by atoms with Gasteiger partial charge in [-0.05, 0) is 25.7 Å². The number of hydrogen-bond donors (Lipinski definition) is 2. The minimum Gasteiger partial charge on any atom is -0.353 e. The van der Waals surface area contributed by atoms with Crippen molar-refractivity contribution in [2.24, 2.45) is 11.8 Å². The highest BCUT2D eigenvalue weighted by atomic mass is 16.2. The zero-order valence-electron chi connectivity index (χ0n) is 10.3. The van der Waals surface area contributed by atoms with Crippen LogP contribution in [0, 0.1) is 11.8 Å². The molecular weight excluding hydrogens is 200 g/mol. The third kappa shape index (κ3) is 2.97. The van der Waals surface area contributed by atoms with E-state index in [0.29, 0.717) is 12.0 Å². The highest BCUT2D eigenvalue weighted by Gasteiger charge is 2.27. The first kappa shape index (κ1) is 11.9. The molecule has 0 aromatic rings. The van der Waals surface area contributed by atoms with E-state index in [1.807, 2.05) is 0 Å². The van der Waals surface area contributed by atoms with Crippen LogP contribution in [-0.4, -0.2) is 25.0 Å². The third-order valence-electron chi connectivity index (χ3n) is 4.13. The van der Waals surface area contributed by atoms with E-state index in [0.717, 1.165) is 13.1 Å². The molecular formula is C13H24N2O. The van der Waals surface area contributed by atoms with Crippen LogP contribution in [0.5, 0.6) is 0 Å². The molecule has 2 aliphatic rings. The van der Waals surface area contributed by atoms with Crippen LogP contribution in [0.4, 0.5) is 0 Å². The Kier molecular flexibility index (Phi) is 4.22. The smallest absolute Gasteiger partial charge is 0.225 e. The Morgan fingerprint density at radius 2 is 1.81 bits per heavy atom. The summed E-state index contributed by atoms with van der Waals surface area (Å²) in [6.45, 7) is 3.91. The zero-order chi connectivity index (χ0) is 11.4. The maximum atomic E-state index is 11.8. The maximum absolute atomic E-state index is 11.8. The average Bonchev–Trinajstić information content (AvgIpc) is 2.42. The van der Waals surface area contributed by atoms with Gasteiger partial charge in [-0.25, -0.2) is 0 Å². The number of carbonyl (C=O) groups excluding carboxylic acids is 1. The lowest BCUT2D eigenvalue weighted by atomic mass is 9.92. The fourth-order valence-electron chi connectivity index (χ4n) is 2.75. The fraction of sp³-hybridized carbons (Fsp3) is 0.923. The van der Waals surface area contributed by atoms with Crippen LogP contribution in [0.2, 0.25) is 0 Å². The summed E-state index contributed by atoms with van der Waals surface area (Å²) in [5, 5.41) is 6.34. The van der Waals surface area contributed by atoms with Crippen LogP contribution in [0.1, 0.15) is 45.4 Å². The van der Waals surface area contributed by atoms with Crippen LogP contribution in [0.15, 0.2) is 0 Å². The van der Waals surface area contributed by atoms with Crippen molar-refractivity contribution >= 4 is 5.91 Å². The Balaban J connectivity index is 1.76. The van der Waals surface area contributed by atoms with Crippen molar-refractivity contribution in [1.82, 2.24) is 10.6 Å². The number of nitrogens with one attached hydrogen (secondary N) is 2. The molecule has 1 saturated heterocycles. The fourth-order valence-corrected chi connectivity index (χ4v) is 2.75. The maximum Gasteiger partial charge on any atom is 0.225 e. The molecule has 0 unspecified atom stereocenters. The molecule has 0 radical (unpaired) electrons. The first-order valence-corrected chi connectivity index (χ1v) is 6.78. The van der Waals surface area contributed by atoms with Gasteiger partial charge in [-0.2, -0.15) is 0 Å². The quantitative estimate of drug-likeness (QED) is 0.716. The van der Waals surface area contributed by atoms with E-state index in [9.17, 15) is 4.79 Å². The normalized spacial score (nSPS) is 25.6. The van der Waals surface area contributed by atoms with E-state index < -0.39 is 0 Å². The van der Waals surface area contributed by atoms with Gasteiger partial charge in [-0.15, -0.1) is 0 Å². The van der Waals surface area contributed by atoms with E-state index in [1.54, 1.807) is 0 Å². The monoisotopic (exact) mass is 224 g/mol. The molecule has 0 aromatic carbocycles. The van der Waals surface area contributed by atoms with Crippen molar-refractivity contribution in [3.8, 4) is 0 Å². The van der Waals surface area contributed by atoms with E-state index in [1.165, 1.54) is 38.5 Å². The van der Waals surface area contributed by atoms with Gasteiger partial charge in [0.25, 0.3) is 0 Å². The molecule has 1 amide bonds. The second-order valence-electron chi connectivity index (χ2n) is 5.40.